The molecule has 1 saturated carbocycles. The van der Waals surface area contributed by atoms with Crippen molar-refractivity contribution in [3.63, 3.8) is 0 Å². The molecule has 2 bridgehead atoms. The van der Waals surface area contributed by atoms with Gasteiger partial charge in [0, 0.05) is 11.1 Å². The number of hydrogen-bond acceptors (Lipinski definition) is 6. The minimum absolute atomic E-state index is 0.0385. The van der Waals surface area contributed by atoms with Crippen LogP contribution >= 0.6 is 0 Å². The third-order valence-corrected chi connectivity index (χ3v) is 11.1. The molecule has 7 nitrogen and oxygen atoms in total. The number of halogens is 3. The van der Waals surface area contributed by atoms with Gasteiger partial charge in [0.15, 0.2) is 12.6 Å². The van der Waals surface area contributed by atoms with Gasteiger partial charge in [-0.25, -0.2) is 8.42 Å². The largest absolute Gasteiger partial charge is 0.393 e. The molecule has 0 amide bonds. The summed E-state index contributed by atoms with van der Waals surface area (Å²) < 4.78 is 97.0. The lowest BCUT2D eigenvalue weighted by molar-refractivity contribution is -0.278. The molecule has 0 aromatic heterocycles. The summed E-state index contributed by atoms with van der Waals surface area (Å²) in [6.07, 6.45) is -4.35. The highest BCUT2D eigenvalue weighted by Crippen LogP contribution is 2.55. The maximum atomic E-state index is 14.3. The first kappa shape index (κ1) is 25.7. The van der Waals surface area contributed by atoms with Gasteiger partial charge < -0.3 is 18.9 Å². The number of sulfonamides is 1. The Morgan fingerprint density at radius 3 is 1.72 bits per heavy atom. The zero-order valence-corrected chi connectivity index (χ0v) is 21.6. The molecule has 2 aliphatic carbocycles. The van der Waals surface area contributed by atoms with Crippen LogP contribution < -0.4 is 0 Å². The monoisotopic (exact) mass is 563 g/mol. The van der Waals surface area contributed by atoms with Gasteiger partial charge in [-0.3, -0.25) is 0 Å². The molecule has 3 heterocycles. The Labute approximate surface area is 224 Å². The van der Waals surface area contributed by atoms with Crippen molar-refractivity contribution in [2.45, 2.75) is 54.7 Å². The van der Waals surface area contributed by atoms with Gasteiger partial charge >= 0.3 is 6.18 Å². The normalized spacial score (nSPS) is 40.0. The summed E-state index contributed by atoms with van der Waals surface area (Å²) in [5.74, 6) is -3.50. The molecule has 39 heavy (non-hydrogen) atoms. The van der Waals surface area contributed by atoms with Gasteiger partial charge in [-0.1, -0.05) is 72.8 Å². The summed E-state index contributed by atoms with van der Waals surface area (Å²) >= 11 is 0. The van der Waals surface area contributed by atoms with Crippen LogP contribution in [0.15, 0.2) is 72.8 Å². The van der Waals surface area contributed by atoms with E-state index < -0.39 is 76.1 Å². The summed E-state index contributed by atoms with van der Waals surface area (Å²) in [5.41, 5.74) is 1.52. The van der Waals surface area contributed by atoms with Crippen LogP contribution in [-0.2, 0) is 29.0 Å². The van der Waals surface area contributed by atoms with Crippen molar-refractivity contribution in [3.8, 4) is 0 Å². The minimum atomic E-state index is -4.64. The molecule has 2 aromatic carbocycles. The van der Waals surface area contributed by atoms with E-state index in [-0.39, 0.29) is 19.6 Å². The fraction of sp³-hybridized carbons (Fsp3) is 0.500. The van der Waals surface area contributed by atoms with Crippen molar-refractivity contribution < 1.29 is 40.5 Å². The second-order valence-electron chi connectivity index (χ2n) is 10.8. The van der Waals surface area contributed by atoms with Crippen LogP contribution in [-0.4, -0.2) is 61.7 Å². The lowest BCUT2D eigenvalue weighted by Gasteiger charge is -2.39. The Kier molecular flexibility index (Phi) is 6.18. The number of benzene rings is 2. The number of nitrogens with zero attached hydrogens (tertiary/aromatic N) is 1. The highest BCUT2D eigenvalue weighted by molar-refractivity contribution is 7.89. The predicted octanol–water partition coefficient (Wildman–Crippen LogP) is 4.35. The van der Waals surface area contributed by atoms with Gasteiger partial charge in [-0.05, 0) is 18.3 Å². The molecular formula is C28H28F3NO6S. The first-order valence-electron chi connectivity index (χ1n) is 13.1. The van der Waals surface area contributed by atoms with Crippen LogP contribution in [0, 0.1) is 17.8 Å². The first-order valence-corrected chi connectivity index (χ1v) is 14.7. The number of fused-ring (bicyclic) bond motifs is 5. The number of ether oxygens (including phenoxy) is 4. The quantitative estimate of drug-likeness (QED) is 0.515. The van der Waals surface area contributed by atoms with Crippen LogP contribution in [0.3, 0.4) is 0 Å². The molecule has 4 fully saturated rings. The fourth-order valence-electron chi connectivity index (χ4n) is 7.08. The third-order valence-electron chi connectivity index (χ3n) is 8.68. The molecule has 0 N–H and O–H groups in total. The number of allylic oxidation sites excluding steroid dienone is 2. The number of alkyl halides is 3. The van der Waals surface area contributed by atoms with E-state index in [2.05, 4.69) is 0 Å². The Bertz CT molecular complexity index is 1280. The van der Waals surface area contributed by atoms with Crippen molar-refractivity contribution in [1.29, 1.82) is 0 Å². The van der Waals surface area contributed by atoms with Crippen molar-refractivity contribution in [2.75, 3.05) is 13.2 Å². The Hall–Kier alpha value is -2.28. The molecule has 208 valence electrons. The van der Waals surface area contributed by atoms with Crippen LogP contribution in [0.2, 0.25) is 0 Å². The molecule has 3 aliphatic heterocycles. The SMILES string of the molecule is O=S(=O)([C@@H]1[C@@H](C(F)(F)F)[C@@H]2C=C[C@H]1C2)N1[C@H]2COC(c3ccccc3)O[C@H]2[C@@H]2OC(c3ccccc3)OC[C@@H]21. The fourth-order valence-corrected chi connectivity index (χ4v) is 9.85. The molecule has 0 spiro atoms. The maximum Gasteiger partial charge on any atom is 0.393 e. The van der Waals surface area contributed by atoms with Gasteiger partial charge in [0.05, 0.1) is 36.5 Å². The van der Waals surface area contributed by atoms with Crippen LogP contribution in [0.5, 0.6) is 0 Å². The molecule has 3 saturated heterocycles. The van der Waals surface area contributed by atoms with Gasteiger partial charge in [0.2, 0.25) is 10.0 Å². The van der Waals surface area contributed by atoms with Gasteiger partial charge in [-0.2, -0.15) is 17.5 Å². The molecule has 10 atom stereocenters. The van der Waals surface area contributed by atoms with Gasteiger partial charge in [-0.15, -0.1) is 0 Å². The standard InChI is InChI=1S/C28H28F3NO6S/c29-28(30,31)22-18-11-12-19(13-18)25(22)39(33,34)32-20-14-35-26(16-7-3-1-4-8-16)37-23(20)24-21(32)15-36-27(38-24)17-9-5-2-6-10-17/h1-12,18-27H,13-15H2/t18-,19+,20+,21+,22+,23-,24-,25+,26?,27?/m1/s1. The zero-order valence-electron chi connectivity index (χ0n) is 20.8. The van der Waals surface area contributed by atoms with E-state index in [1.54, 1.807) is 6.08 Å². The van der Waals surface area contributed by atoms with Crippen LogP contribution in [0.25, 0.3) is 0 Å². The van der Waals surface area contributed by atoms with E-state index in [0.29, 0.717) is 0 Å². The average molecular weight is 564 g/mol. The van der Waals surface area contributed by atoms with E-state index in [9.17, 15) is 21.6 Å². The zero-order chi connectivity index (χ0) is 26.9. The van der Waals surface area contributed by atoms with Crippen molar-refractivity contribution in [3.05, 3.63) is 83.9 Å². The number of rotatable bonds is 4. The highest BCUT2D eigenvalue weighted by Gasteiger charge is 2.67. The topological polar surface area (TPSA) is 74.3 Å². The van der Waals surface area contributed by atoms with Gasteiger partial charge in [0.1, 0.15) is 12.2 Å². The summed E-state index contributed by atoms with van der Waals surface area (Å²) in [6.45, 7) is -0.0771. The second kappa shape index (κ2) is 9.39. The maximum absolute atomic E-state index is 14.3. The van der Waals surface area contributed by atoms with Crippen molar-refractivity contribution in [2.24, 2.45) is 17.8 Å². The summed E-state index contributed by atoms with van der Waals surface area (Å²) in [7, 11) is -4.46. The molecular weight excluding hydrogens is 535 g/mol. The second-order valence-corrected chi connectivity index (χ2v) is 12.8. The van der Waals surface area contributed by atoms with E-state index in [0.717, 1.165) is 11.1 Å². The van der Waals surface area contributed by atoms with Crippen LogP contribution in [0.1, 0.15) is 30.1 Å². The molecule has 7 rings (SSSR count). The molecule has 0 radical (unpaired) electrons. The average Bonchev–Trinajstić information content (AvgIpc) is 3.65. The third kappa shape index (κ3) is 4.17. The molecule has 5 aliphatic rings. The van der Waals surface area contributed by atoms with Crippen molar-refractivity contribution >= 4 is 10.0 Å². The minimum Gasteiger partial charge on any atom is -0.347 e. The first-order chi connectivity index (χ1) is 18.7. The predicted molar refractivity (Wildman–Crippen MR) is 132 cm³/mol. The lowest BCUT2D eigenvalue weighted by Crippen LogP contribution is -2.56. The van der Waals surface area contributed by atoms with Crippen LogP contribution in [0.4, 0.5) is 13.2 Å². The Balaban J connectivity index is 1.25. The van der Waals surface area contributed by atoms with Gasteiger partial charge in [0.25, 0.3) is 0 Å². The molecule has 11 heteroatoms. The summed E-state index contributed by atoms with van der Waals surface area (Å²) in [5, 5.41) is -1.61. The Morgan fingerprint density at radius 2 is 1.23 bits per heavy atom. The van der Waals surface area contributed by atoms with E-state index in [4.69, 9.17) is 18.9 Å². The summed E-state index contributed by atoms with van der Waals surface area (Å²) in [4.78, 5) is 0. The Morgan fingerprint density at radius 1 is 0.744 bits per heavy atom. The van der Waals surface area contributed by atoms with E-state index in [1.165, 1.54) is 10.4 Å². The summed E-state index contributed by atoms with van der Waals surface area (Å²) in [6, 6.07) is 16.8. The smallest absolute Gasteiger partial charge is 0.347 e. The molecule has 2 unspecified atom stereocenters. The highest BCUT2D eigenvalue weighted by atomic mass is 32.2. The molecule has 2 aromatic rings. The lowest BCUT2D eigenvalue weighted by atomic mass is 9.92. The van der Waals surface area contributed by atoms with E-state index in [1.807, 2.05) is 60.7 Å². The van der Waals surface area contributed by atoms with E-state index >= 15 is 0 Å². The number of hydrogen-bond donors (Lipinski definition) is 0. The van der Waals surface area contributed by atoms with Crippen molar-refractivity contribution in [1.82, 2.24) is 4.31 Å².